The normalized spacial score (nSPS) is 16.1. The molecule has 4 heteroatoms. The number of hydrogen-bond acceptors (Lipinski definition) is 3. The summed E-state index contributed by atoms with van der Waals surface area (Å²) >= 11 is 3.37. The number of halogens is 1. The molecule has 1 aliphatic rings. The number of anilines is 1. The molecule has 0 radical (unpaired) electrons. The van der Waals surface area contributed by atoms with Gasteiger partial charge in [-0.25, -0.2) is 0 Å². The molecule has 1 saturated heterocycles. The van der Waals surface area contributed by atoms with E-state index in [1.165, 1.54) is 0 Å². The summed E-state index contributed by atoms with van der Waals surface area (Å²) < 4.78 is 6.23. The van der Waals surface area contributed by atoms with Gasteiger partial charge in [-0.2, -0.15) is 5.26 Å². The van der Waals surface area contributed by atoms with Crippen LogP contribution in [-0.2, 0) is 4.74 Å². The molecule has 0 aromatic heterocycles. The van der Waals surface area contributed by atoms with Crippen LogP contribution in [0.1, 0.15) is 5.56 Å². The molecule has 78 valence electrons. The summed E-state index contributed by atoms with van der Waals surface area (Å²) in [5.41, 5.74) is 1.72. The van der Waals surface area contributed by atoms with E-state index in [-0.39, 0.29) is 0 Å². The quantitative estimate of drug-likeness (QED) is 0.782. The van der Waals surface area contributed by atoms with Gasteiger partial charge in [0.05, 0.1) is 24.5 Å². The summed E-state index contributed by atoms with van der Waals surface area (Å²) in [4.78, 5) is 2.19. The highest BCUT2D eigenvalue weighted by Gasteiger charge is 2.14. The van der Waals surface area contributed by atoms with E-state index in [1.807, 2.05) is 18.2 Å². The molecule has 0 aliphatic carbocycles. The van der Waals surface area contributed by atoms with Gasteiger partial charge in [0.1, 0.15) is 6.07 Å². The van der Waals surface area contributed by atoms with Gasteiger partial charge in [-0.1, -0.05) is 15.9 Å². The number of nitrogens with zero attached hydrogens (tertiary/aromatic N) is 2. The number of rotatable bonds is 1. The second kappa shape index (κ2) is 4.65. The van der Waals surface area contributed by atoms with Crippen LogP contribution < -0.4 is 4.90 Å². The Morgan fingerprint density at radius 3 is 2.73 bits per heavy atom. The van der Waals surface area contributed by atoms with Gasteiger partial charge in [0, 0.05) is 17.6 Å². The fourth-order valence-corrected chi connectivity index (χ4v) is 2.04. The molecule has 0 saturated carbocycles. The van der Waals surface area contributed by atoms with E-state index >= 15 is 0 Å². The summed E-state index contributed by atoms with van der Waals surface area (Å²) in [6, 6.07) is 8.02. The van der Waals surface area contributed by atoms with Crippen LogP contribution >= 0.6 is 15.9 Å². The topological polar surface area (TPSA) is 36.3 Å². The van der Waals surface area contributed by atoms with Gasteiger partial charge >= 0.3 is 0 Å². The Morgan fingerprint density at radius 2 is 2.07 bits per heavy atom. The highest BCUT2D eigenvalue weighted by molar-refractivity contribution is 9.10. The maximum absolute atomic E-state index is 9.04. The lowest BCUT2D eigenvalue weighted by Gasteiger charge is -2.29. The smallest absolute Gasteiger partial charge is 0.101 e. The average molecular weight is 267 g/mol. The summed E-state index contributed by atoms with van der Waals surface area (Å²) in [6.45, 7) is 3.19. The molecule has 3 nitrogen and oxygen atoms in total. The van der Waals surface area contributed by atoms with Crippen LogP contribution in [0.5, 0.6) is 0 Å². The molecule has 0 N–H and O–H groups in total. The largest absolute Gasteiger partial charge is 0.378 e. The number of ether oxygens (including phenoxy) is 1. The first-order valence-electron chi connectivity index (χ1n) is 4.83. The van der Waals surface area contributed by atoms with E-state index in [2.05, 4.69) is 26.9 Å². The average Bonchev–Trinajstić information content (AvgIpc) is 2.30. The van der Waals surface area contributed by atoms with Crippen molar-refractivity contribution in [3.05, 3.63) is 28.2 Å². The molecule has 2 rings (SSSR count). The minimum atomic E-state index is 0.714. The zero-order valence-electron chi connectivity index (χ0n) is 8.24. The SMILES string of the molecule is N#Cc1cc(Br)ccc1N1CCOCC1. The third-order valence-electron chi connectivity index (χ3n) is 2.43. The van der Waals surface area contributed by atoms with Crippen molar-refractivity contribution in [2.24, 2.45) is 0 Å². The predicted octanol–water partition coefficient (Wildman–Crippen LogP) is 2.16. The van der Waals surface area contributed by atoms with Crippen molar-refractivity contribution < 1.29 is 4.74 Å². The third kappa shape index (κ3) is 2.31. The Kier molecular flexibility index (Phi) is 3.24. The van der Waals surface area contributed by atoms with Crippen molar-refractivity contribution >= 4 is 21.6 Å². The molecule has 0 unspecified atom stereocenters. The van der Waals surface area contributed by atoms with Gasteiger partial charge in [-0.05, 0) is 18.2 Å². The molecule has 0 spiro atoms. The fourth-order valence-electron chi connectivity index (χ4n) is 1.68. The standard InChI is InChI=1S/C11H11BrN2O/c12-10-1-2-11(9(7-10)8-13)14-3-5-15-6-4-14/h1-2,7H,3-6H2. The van der Waals surface area contributed by atoms with Crippen molar-refractivity contribution in [2.45, 2.75) is 0 Å². The first-order valence-corrected chi connectivity index (χ1v) is 5.63. The van der Waals surface area contributed by atoms with E-state index in [4.69, 9.17) is 10.00 Å². The molecule has 1 aliphatic heterocycles. The van der Waals surface area contributed by atoms with Gasteiger partial charge in [0.15, 0.2) is 0 Å². The van der Waals surface area contributed by atoms with Gasteiger partial charge in [0.25, 0.3) is 0 Å². The Morgan fingerprint density at radius 1 is 1.33 bits per heavy atom. The molecule has 1 aromatic rings. The highest BCUT2D eigenvalue weighted by atomic mass is 79.9. The summed E-state index contributed by atoms with van der Waals surface area (Å²) in [7, 11) is 0. The van der Waals surface area contributed by atoms with Gasteiger partial charge in [-0.3, -0.25) is 0 Å². The molecule has 0 amide bonds. The molecule has 1 heterocycles. The molecule has 1 aromatic carbocycles. The zero-order chi connectivity index (χ0) is 10.7. The minimum absolute atomic E-state index is 0.714. The second-order valence-corrected chi connectivity index (χ2v) is 4.29. The molecular weight excluding hydrogens is 256 g/mol. The van der Waals surface area contributed by atoms with Crippen molar-refractivity contribution in [1.82, 2.24) is 0 Å². The first-order chi connectivity index (χ1) is 7.31. The Balaban J connectivity index is 2.30. The van der Waals surface area contributed by atoms with Gasteiger partial charge < -0.3 is 9.64 Å². The van der Waals surface area contributed by atoms with Crippen LogP contribution in [0.4, 0.5) is 5.69 Å². The van der Waals surface area contributed by atoms with Crippen molar-refractivity contribution in [1.29, 1.82) is 5.26 Å². The number of nitriles is 1. The van der Waals surface area contributed by atoms with E-state index in [9.17, 15) is 0 Å². The summed E-state index contributed by atoms with van der Waals surface area (Å²) in [5.74, 6) is 0. The highest BCUT2D eigenvalue weighted by Crippen LogP contribution is 2.24. The second-order valence-electron chi connectivity index (χ2n) is 3.37. The van der Waals surface area contributed by atoms with Gasteiger partial charge in [-0.15, -0.1) is 0 Å². The summed E-state index contributed by atoms with van der Waals surface area (Å²) in [6.07, 6.45) is 0. The predicted molar refractivity (Wildman–Crippen MR) is 61.9 cm³/mol. The molecule has 0 atom stereocenters. The Labute approximate surface area is 97.4 Å². The number of morpholine rings is 1. The maximum atomic E-state index is 9.04. The molecule has 1 fully saturated rings. The van der Waals surface area contributed by atoms with Crippen LogP contribution in [0.15, 0.2) is 22.7 Å². The molecule has 15 heavy (non-hydrogen) atoms. The Bertz CT molecular complexity index is 394. The van der Waals surface area contributed by atoms with Crippen molar-refractivity contribution in [2.75, 3.05) is 31.2 Å². The molecule has 0 bridgehead atoms. The van der Waals surface area contributed by atoms with Crippen LogP contribution in [0.2, 0.25) is 0 Å². The third-order valence-corrected chi connectivity index (χ3v) is 2.92. The lowest BCUT2D eigenvalue weighted by molar-refractivity contribution is 0.122. The van der Waals surface area contributed by atoms with Crippen molar-refractivity contribution in [3.63, 3.8) is 0 Å². The zero-order valence-corrected chi connectivity index (χ0v) is 9.83. The Hall–Kier alpha value is -1.05. The van der Waals surface area contributed by atoms with Gasteiger partial charge in [0.2, 0.25) is 0 Å². The summed E-state index contributed by atoms with van der Waals surface area (Å²) in [5, 5.41) is 9.04. The maximum Gasteiger partial charge on any atom is 0.101 e. The monoisotopic (exact) mass is 266 g/mol. The number of hydrogen-bond donors (Lipinski definition) is 0. The lowest BCUT2D eigenvalue weighted by atomic mass is 10.1. The van der Waals surface area contributed by atoms with E-state index in [1.54, 1.807) is 0 Å². The fraction of sp³-hybridized carbons (Fsp3) is 0.364. The lowest BCUT2D eigenvalue weighted by Crippen LogP contribution is -2.36. The van der Waals surface area contributed by atoms with E-state index in [0.717, 1.165) is 36.5 Å². The van der Waals surface area contributed by atoms with Crippen molar-refractivity contribution in [3.8, 4) is 6.07 Å². The number of benzene rings is 1. The first kappa shape index (κ1) is 10.5. The van der Waals surface area contributed by atoms with E-state index in [0.29, 0.717) is 5.56 Å². The molecular formula is C11H11BrN2O. The van der Waals surface area contributed by atoms with Crippen LogP contribution in [0, 0.1) is 11.3 Å². The minimum Gasteiger partial charge on any atom is -0.378 e. The van der Waals surface area contributed by atoms with Crippen LogP contribution in [0.3, 0.4) is 0 Å². The van der Waals surface area contributed by atoms with Crippen LogP contribution in [0.25, 0.3) is 0 Å². The van der Waals surface area contributed by atoms with E-state index < -0.39 is 0 Å². The van der Waals surface area contributed by atoms with Crippen LogP contribution in [-0.4, -0.2) is 26.3 Å².